The van der Waals surface area contributed by atoms with E-state index in [4.69, 9.17) is 4.74 Å². The van der Waals surface area contributed by atoms with Crippen LogP contribution in [0, 0.1) is 6.92 Å². The summed E-state index contributed by atoms with van der Waals surface area (Å²) in [5.41, 5.74) is 3.41. The van der Waals surface area contributed by atoms with Gasteiger partial charge in [0, 0.05) is 17.8 Å². The maximum Gasteiger partial charge on any atom is 0.254 e. The second-order valence-corrected chi connectivity index (χ2v) is 5.98. The second-order valence-electron chi connectivity index (χ2n) is 5.98. The van der Waals surface area contributed by atoms with Gasteiger partial charge in [-0.05, 0) is 30.7 Å². The Balaban J connectivity index is 1.65. The topological polar surface area (TPSA) is 88.9 Å². The molecular weight excluding hydrogens is 320 g/mol. The van der Waals surface area contributed by atoms with Gasteiger partial charge < -0.3 is 9.64 Å². The summed E-state index contributed by atoms with van der Waals surface area (Å²) in [5.74, 6) is -0.0303. The maximum atomic E-state index is 13.1. The number of aromatic nitrogens is 5. The minimum Gasteiger partial charge on any atom is -0.377 e. The SMILES string of the molecule is Cc1cn[nH]c1[C@@H]1COCCN1C(=O)c1cccc(-n2cnnc2)c1. The molecule has 4 rings (SSSR count). The third-order valence-electron chi connectivity index (χ3n) is 4.40. The van der Waals surface area contributed by atoms with E-state index in [-0.39, 0.29) is 11.9 Å². The summed E-state index contributed by atoms with van der Waals surface area (Å²) in [4.78, 5) is 15.0. The van der Waals surface area contributed by atoms with Crippen LogP contribution in [-0.4, -0.2) is 55.5 Å². The Morgan fingerprint density at radius 3 is 2.92 bits per heavy atom. The number of amides is 1. The van der Waals surface area contributed by atoms with Crippen molar-refractivity contribution in [3.63, 3.8) is 0 Å². The fourth-order valence-electron chi connectivity index (χ4n) is 3.08. The zero-order valence-electron chi connectivity index (χ0n) is 13.8. The monoisotopic (exact) mass is 338 g/mol. The van der Waals surface area contributed by atoms with Gasteiger partial charge in [0.25, 0.3) is 5.91 Å². The number of nitrogens with one attached hydrogen (secondary N) is 1. The molecule has 0 saturated carbocycles. The summed E-state index contributed by atoms with van der Waals surface area (Å²) in [5, 5.41) is 14.7. The minimum atomic E-state index is -0.165. The van der Waals surface area contributed by atoms with E-state index in [0.29, 0.717) is 25.3 Å². The second kappa shape index (κ2) is 6.48. The van der Waals surface area contributed by atoms with Crippen molar-refractivity contribution < 1.29 is 9.53 Å². The Kier molecular flexibility index (Phi) is 4.02. The maximum absolute atomic E-state index is 13.1. The summed E-state index contributed by atoms with van der Waals surface area (Å²) >= 11 is 0. The summed E-state index contributed by atoms with van der Waals surface area (Å²) < 4.78 is 7.37. The highest BCUT2D eigenvalue weighted by Crippen LogP contribution is 2.27. The molecule has 1 aromatic carbocycles. The van der Waals surface area contributed by atoms with E-state index in [1.54, 1.807) is 23.4 Å². The third-order valence-corrected chi connectivity index (χ3v) is 4.40. The highest BCUT2D eigenvalue weighted by molar-refractivity contribution is 5.95. The lowest BCUT2D eigenvalue weighted by Crippen LogP contribution is -2.43. The largest absolute Gasteiger partial charge is 0.377 e. The molecule has 1 aliphatic rings. The number of morpholine rings is 1. The Hall–Kier alpha value is -3.00. The Labute approximate surface area is 144 Å². The van der Waals surface area contributed by atoms with Gasteiger partial charge in [-0.3, -0.25) is 14.5 Å². The van der Waals surface area contributed by atoms with Crippen molar-refractivity contribution in [2.24, 2.45) is 0 Å². The van der Waals surface area contributed by atoms with E-state index in [9.17, 15) is 4.79 Å². The normalized spacial score (nSPS) is 17.6. The lowest BCUT2D eigenvalue weighted by molar-refractivity contribution is -0.00407. The Bertz CT molecular complexity index is 873. The van der Waals surface area contributed by atoms with E-state index in [1.807, 2.05) is 36.1 Å². The molecule has 1 atom stereocenters. The predicted molar refractivity (Wildman–Crippen MR) is 89.3 cm³/mol. The molecule has 0 unspecified atom stereocenters. The molecule has 0 aliphatic carbocycles. The molecule has 1 aliphatic heterocycles. The number of carbonyl (C=O) groups is 1. The number of rotatable bonds is 3. The highest BCUT2D eigenvalue weighted by Gasteiger charge is 2.31. The molecular formula is C17H18N6O2. The lowest BCUT2D eigenvalue weighted by Gasteiger charge is -2.35. The van der Waals surface area contributed by atoms with E-state index in [0.717, 1.165) is 16.9 Å². The molecule has 8 heteroatoms. The van der Waals surface area contributed by atoms with Crippen LogP contribution in [0.1, 0.15) is 27.7 Å². The zero-order chi connectivity index (χ0) is 17.2. The van der Waals surface area contributed by atoms with Crippen molar-refractivity contribution in [1.82, 2.24) is 29.9 Å². The van der Waals surface area contributed by atoms with Gasteiger partial charge in [-0.15, -0.1) is 10.2 Å². The van der Waals surface area contributed by atoms with Gasteiger partial charge in [0.2, 0.25) is 0 Å². The molecule has 1 amide bonds. The molecule has 25 heavy (non-hydrogen) atoms. The standard InChI is InChI=1S/C17H18N6O2/c1-12-8-18-21-16(12)15-9-25-6-5-23(15)17(24)13-3-2-4-14(7-13)22-10-19-20-11-22/h2-4,7-8,10-11,15H,5-6,9H2,1H3,(H,18,21)/t15-/m0/s1. The predicted octanol–water partition coefficient (Wildman–Crippen LogP) is 1.51. The van der Waals surface area contributed by atoms with Crippen molar-refractivity contribution >= 4 is 5.91 Å². The average Bonchev–Trinajstić information content (AvgIpc) is 3.33. The van der Waals surface area contributed by atoms with Crippen molar-refractivity contribution in [3.8, 4) is 5.69 Å². The zero-order valence-corrected chi connectivity index (χ0v) is 13.8. The molecule has 8 nitrogen and oxygen atoms in total. The van der Waals surface area contributed by atoms with Crippen LogP contribution in [-0.2, 0) is 4.74 Å². The first-order valence-corrected chi connectivity index (χ1v) is 8.07. The van der Waals surface area contributed by atoms with E-state index < -0.39 is 0 Å². The molecule has 0 spiro atoms. The quantitative estimate of drug-likeness (QED) is 0.782. The van der Waals surface area contributed by atoms with Crippen molar-refractivity contribution in [3.05, 3.63) is 59.9 Å². The van der Waals surface area contributed by atoms with Gasteiger partial charge >= 0.3 is 0 Å². The Morgan fingerprint density at radius 1 is 1.32 bits per heavy atom. The van der Waals surface area contributed by atoms with Gasteiger partial charge in [0.05, 0.1) is 31.1 Å². The number of aromatic amines is 1. The minimum absolute atomic E-state index is 0.0303. The van der Waals surface area contributed by atoms with Crippen molar-refractivity contribution in [1.29, 1.82) is 0 Å². The first-order valence-electron chi connectivity index (χ1n) is 8.07. The van der Waals surface area contributed by atoms with E-state index in [1.165, 1.54) is 0 Å². The smallest absolute Gasteiger partial charge is 0.254 e. The number of aryl methyl sites for hydroxylation is 1. The molecule has 1 saturated heterocycles. The van der Waals surface area contributed by atoms with Gasteiger partial charge in [-0.2, -0.15) is 5.10 Å². The van der Waals surface area contributed by atoms with Gasteiger partial charge in [-0.25, -0.2) is 0 Å². The number of carbonyl (C=O) groups excluding carboxylic acids is 1. The number of ether oxygens (including phenoxy) is 1. The highest BCUT2D eigenvalue weighted by atomic mass is 16.5. The third kappa shape index (κ3) is 2.91. The van der Waals surface area contributed by atoms with Crippen LogP contribution in [0.15, 0.2) is 43.1 Å². The molecule has 3 aromatic rings. The van der Waals surface area contributed by atoms with Crippen LogP contribution < -0.4 is 0 Å². The molecule has 128 valence electrons. The van der Waals surface area contributed by atoms with Crippen LogP contribution in [0.3, 0.4) is 0 Å². The average molecular weight is 338 g/mol. The molecule has 2 aromatic heterocycles. The molecule has 1 fully saturated rings. The first-order chi connectivity index (χ1) is 12.2. The summed E-state index contributed by atoms with van der Waals surface area (Å²) in [6.45, 7) is 3.50. The van der Waals surface area contributed by atoms with Gasteiger partial charge in [0.1, 0.15) is 12.7 Å². The fraction of sp³-hybridized carbons (Fsp3) is 0.294. The molecule has 0 bridgehead atoms. The number of benzene rings is 1. The fourth-order valence-corrected chi connectivity index (χ4v) is 3.08. The van der Waals surface area contributed by atoms with Gasteiger partial charge in [-0.1, -0.05) is 6.07 Å². The van der Waals surface area contributed by atoms with Crippen molar-refractivity contribution in [2.75, 3.05) is 19.8 Å². The molecule has 1 N–H and O–H groups in total. The number of hydrogen-bond donors (Lipinski definition) is 1. The first kappa shape index (κ1) is 15.5. The van der Waals surface area contributed by atoms with E-state index >= 15 is 0 Å². The van der Waals surface area contributed by atoms with Gasteiger partial charge in [0.15, 0.2) is 0 Å². The summed E-state index contributed by atoms with van der Waals surface area (Å²) in [6, 6.07) is 7.28. The summed E-state index contributed by atoms with van der Waals surface area (Å²) in [7, 11) is 0. The molecule has 3 heterocycles. The van der Waals surface area contributed by atoms with Crippen LogP contribution >= 0.6 is 0 Å². The lowest BCUT2D eigenvalue weighted by atomic mass is 10.1. The van der Waals surface area contributed by atoms with Crippen LogP contribution in [0.4, 0.5) is 0 Å². The number of nitrogens with zero attached hydrogens (tertiary/aromatic N) is 5. The number of hydrogen-bond acceptors (Lipinski definition) is 5. The Morgan fingerprint density at radius 2 is 2.16 bits per heavy atom. The molecule has 0 radical (unpaired) electrons. The van der Waals surface area contributed by atoms with Crippen LogP contribution in [0.5, 0.6) is 0 Å². The van der Waals surface area contributed by atoms with E-state index in [2.05, 4.69) is 20.4 Å². The summed E-state index contributed by atoms with van der Waals surface area (Å²) in [6.07, 6.45) is 4.98. The van der Waals surface area contributed by atoms with Crippen LogP contribution in [0.25, 0.3) is 5.69 Å². The van der Waals surface area contributed by atoms with Crippen LogP contribution in [0.2, 0.25) is 0 Å². The van der Waals surface area contributed by atoms with Crippen molar-refractivity contribution in [2.45, 2.75) is 13.0 Å². The number of H-pyrrole nitrogens is 1.